The second-order valence-electron chi connectivity index (χ2n) is 4.44. The van der Waals surface area contributed by atoms with Crippen LogP contribution in [0.4, 0.5) is 0 Å². The van der Waals surface area contributed by atoms with Gasteiger partial charge in [-0.05, 0) is 26.0 Å². The highest BCUT2D eigenvalue weighted by Crippen LogP contribution is 2.20. The van der Waals surface area contributed by atoms with Crippen LogP contribution in [-0.4, -0.2) is 19.7 Å². The molecule has 1 aromatic carbocycles. The topological polar surface area (TPSA) is 43.6 Å². The summed E-state index contributed by atoms with van der Waals surface area (Å²) in [5.74, 6) is 0.612. The second kappa shape index (κ2) is 4.65. The molecule has 0 saturated carbocycles. The lowest BCUT2D eigenvalue weighted by Crippen LogP contribution is -2.06. The van der Waals surface area contributed by atoms with Gasteiger partial charge in [-0.1, -0.05) is 30.3 Å². The van der Waals surface area contributed by atoms with Gasteiger partial charge in [0.15, 0.2) is 0 Å². The fraction of sp³-hybridized carbons (Fsp3) is 0.133. The molecular weight excluding hydrogens is 236 g/mol. The van der Waals surface area contributed by atoms with E-state index in [1.165, 1.54) is 0 Å². The average molecular weight is 250 g/mol. The molecule has 19 heavy (non-hydrogen) atoms. The Morgan fingerprint density at radius 2 is 1.58 bits per heavy atom. The Hall–Kier alpha value is -2.49. The largest absolute Gasteiger partial charge is 0.251 e. The second-order valence-corrected chi connectivity index (χ2v) is 4.44. The first-order valence-electron chi connectivity index (χ1n) is 6.16. The molecule has 0 saturated heterocycles. The molecule has 2 aromatic heterocycles. The van der Waals surface area contributed by atoms with Crippen molar-refractivity contribution in [3.8, 4) is 17.2 Å². The summed E-state index contributed by atoms with van der Waals surface area (Å²) in [7, 11) is 0. The van der Waals surface area contributed by atoms with Gasteiger partial charge >= 0.3 is 0 Å². The summed E-state index contributed by atoms with van der Waals surface area (Å²) >= 11 is 0. The summed E-state index contributed by atoms with van der Waals surface area (Å²) in [5.41, 5.74) is 3.97. The fourth-order valence-electron chi connectivity index (χ4n) is 2.09. The fourth-order valence-corrected chi connectivity index (χ4v) is 2.09. The minimum absolute atomic E-state index is 0.612. The zero-order valence-electron chi connectivity index (χ0n) is 10.9. The molecular formula is C15H14N4. The van der Waals surface area contributed by atoms with Crippen molar-refractivity contribution in [3.05, 3.63) is 60.0 Å². The Bertz CT molecular complexity index is 681. The molecule has 0 bridgehead atoms. The summed E-state index contributed by atoms with van der Waals surface area (Å²) in [6, 6.07) is 14.0. The lowest BCUT2D eigenvalue weighted by Gasteiger charge is -2.07. The van der Waals surface area contributed by atoms with Crippen LogP contribution in [0.5, 0.6) is 0 Å². The van der Waals surface area contributed by atoms with E-state index in [1.807, 2.05) is 44.2 Å². The predicted octanol–water partition coefficient (Wildman–Crippen LogP) is 2.95. The average Bonchev–Trinajstić information content (AvgIpc) is 2.88. The van der Waals surface area contributed by atoms with Crippen molar-refractivity contribution in [1.29, 1.82) is 0 Å². The molecule has 2 heterocycles. The van der Waals surface area contributed by atoms with E-state index < -0.39 is 0 Å². The molecule has 0 spiro atoms. The molecule has 4 nitrogen and oxygen atoms in total. The van der Waals surface area contributed by atoms with E-state index >= 15 is 0 Å². The highest BCUT2D eigenvalue weighted by atomic mass is 15.3. The third-order valence-electron chi connectivity index (χ3n) is 2.87. The Labute approximate surface area is 111 Å². The first-order valence-corrected chi connectivity index (χ1v) is 6.16. The molecule has 0 aliphatic rings. The van der Waals surface area contributed by atoms with E-state index in [9.17, 15) is 0 Å². The quantitative estimate of drug-likeness (QED) is 0.702. The van der Waals surface area contributed by atoms with E-state index in [1.54, 1.807) is 10.9 Å². The van der Waals surface area contributed by atoms with Gasteiger partial charge in [0.2, 0.25) is 0 Å². The molecule has 0 aliphatic carbocycles. The van der Waals surface area contributed by atoms with E-state index in [-0.39, 0.29) is 0 Å². The minimum atomic E-state index is 0.612. The summed E-state index contributed by atoms with van der Waals surface area (Å²) in [6.45, 7) is 3.92. The number of nitrogens with zero attached hydrogens (tertiary/aromatic N) is 4. The van der Waals surface area contributed by atoms with Crippen LogP contribution in [0.1, 0.15) is 11.4 Å². The standard InChI is InChI=1S/C15H14N4/c1-11-10-12(2)18-15(17-11)19-14(8-9-16-19)13-6-4-3-5-7-13/h3-10H,1-2H3. The Balaban J connectivity index is 2.15. The third kappa shape index (κ3) is 2.25. The van der Waals surface area contributed by atoms with Crippen LogP contribution >= 0.6 is 0 Å². The van der Waals surface area contributed by atoms with Crippen molar-refractivity contribution in [1.82, 2.24) is 19.7 Å². The van der Waals surface area contributed by atoms with E-state index in [0.717, 1.165) is 22.6 Å². The van der Waals surface area contributed by atoms with Gasteiger partial charge in [-0.25, -0.2) is 9.97 Å². The van der Waals surface area contributed by atoms with Crippen molar-refractivity contribution in [2.24, 2.45) is 0 Å². The van der Waals surface area contributed by atoms with Crippen LogP contribution in [0.25, 0.3) is 17.2 Å². The normalized spacial score (nSPS) is 10.6. The van der Waals surface area contributed by atoms with Crippen molar-refractivity contribution >= 4 is 0 Å². The molecule has 0 radical (unpaired) electrons. The predicted molar refractivity (Wildman–Crippen MR) is 74.1 cm³/mol. The van der Waals surface area contributed by atoms with Crippen LogP contribution in [-0.2, 0) is 0 Å². The molecule has 94 valence electrons. The van der Waals surface area contributed by atoms with Gasteiger partial charge in [0.25, 0.3) is 5.95 Å². The number of aromatic nitrogens is 4. The Morgan fingerprint density at radius 3 is 2.26 bits per heavy atom. The van der Waals surface area contributed by atoms with Gasteiger partial charge in [-0.15, -0.1) is 0 Å². The first-order chi connectivity index (χ1) is 9.24. The van der Waals surface area contributed by atoms with Crippen LogP contribution in [0.15, 0.2) is 48.7 Å². The maximum absolute atomic E-state index is 4.45. The molecule has 0 unspecified atom stereocenters. The molecule has 0 aliphatic heterocycles. The number of hydrogen-bond donors (Lipinski definition) is 0. The van der Waals surface area contributed by atoms with Crippen molar-refractivity contribution in [2.75, 3.05) is 0 Å². The van der Waals surface area contributed by atoms with Gasteiger partial charge in [0.1, 0.15) is 0 Å². The molecule has 4 heteroatoms. The molecule has 0 N–H and O–H groups in total. The number of hydrogen-bond acceptors (Lipinski definition) is 3. The highest BCUT2D eigenvalue weighted by molar-refractivity contribution is 5.60. The maximum Gasteiger partial charge on any atom is 0.251 e. The minimum Gasteiger partial charge on any atom is -0.216 e. The van der Waals surface area contributed by atoms with Gasteiger partial charge in [0, 0.05) is 17.0 Å². The van der Waals surface area contributed by atoms with Crippen LogP contribution in [0.3, 0.4) is 0 Å². The number of rotatable bonds is 2. The van der Waals surface area contributed by atoms with Crippen LogP contribution in [0.2, 0.25) is 0 Å². The Morgan fingerprint density at radius 1 is 0.895 bits per heavy atom. The van der Waals surface area contributed by atoms with Gasteiger partial charge in [0.05, 0.1) is 11.9 Å². The summed E-state index contributed by atoms with van der Waals surface area (Å²) < 4.78 is 1.77. The highest BCUT2D eigenvalue weighted by Gasteiger charge is 2.10. The smallest absolute Gasteiger partial charge is 0.216 e. The molecule has 3 aromatic rings. The Kier molecular flexibility index (Phi) is 2.83. The molecule has 3 rings (SSSR count). The summed E-state index contributed by atoms with van der Waals surface area (Å²) in [6.07, 6.45) is 1.77. The van der Waals surface area contributed by atoms with E-state index in [2.05, 4.69) is 27.2 Å². The van der Waals surface area contributed by atoms with Gasteiger partial charge in [-0.3, -0.25) is 0 Å². The molecule has 0 fully saturated rings. The summed E-state index contributed by atoms with van der Waals surface area (Å²) in [4.78, 5) is 8.90. The van der Waals surface area contributed by atoms with Crippen molar-refractivity contribution in [2.45, 2.75) is 13.8 Å². The van der Waals surface area contributed by atoms with Crippen LogP contribution in [0, 0.1) is 13.8 Å². The SMILES string of the molecule is Cc1cc(C)nc(-n2nccc2-c2ccccc2)n1. The maximum atomic E-state index is 4.45. The van der Waals surface area contributed by atoms with Crippen molar-refractivity contribution in [3.63, 3.8) is 0 Å². The molecule has 0 amide bonds. The number of aryl methyl sites for hydroxylation is 2. The lowest BCUT2D eigenvalue weighted by atomic mass is 10.1. The first kappa shape index (κ1) is 11.6. The van der Waals surface area contributed by atoms with E-state index in [0.29, 0.717) is 5.95 Å². The number of benzene rings is 1. The lowest BCUT2D eigenvalue weighted by molar-refractivity contribution is 0.800. The summed E-state index contributed by atoms with van der Waals surface area (Å²) in [5, 5.41) is 4.34. The van der Waals surface area contributed by atoms with E-state index in [4.69, 9.17) is 0 Å². The zero-order chi connectivity index (χ0) is 13.2. The third-order valence-corrected chi connectivity index (χ3v) is 2.87. The molecule has 0 atom stereocenters. The van der Waals surface area contributed by atoms with Gasteiger partial charge in [-0.2, -0.15) is 9.78 Å². The van der Waals surface area contributed by atoms with Crippen molar-refractivity contribution < 1.29 is 0 Å². The monoisotopic (exact) mass is 250 g/mol. The van der Waals surface area contributed by atoms with Gasteiger partial charge < -0.3 is 0 Å². The van der Waals surface area contributed by atoms with Crippen LogP contribution < -0.4 is 0 Å². The zero-order valence-corrected chi connectivity index (χ0v) is 10.9.